The Hall–Kier alpha value is -17.1. The summed E-state index contributed by atoms with van der Waals surface area (Å²) in [7, 11) is 1.22. The first-order valence-corrected chi connectivity index (χ1v) is 39.8. The van der Waals surface area contributed by atoms with Gasteiger partial charge in [0.1, 0.15) is 88.9 Å². The number of ether oxygens (including phenoxy) is 4. The Balaban J connectivity index is 0.000000141. The van der Waals surface area contributed by atoms with Crippen molar-refractivity contribution < 1.29 is 158 Å². The molecule has 0 fully saturated rings. The van der Waals surface area contributed by atoms with E-state index in [4.69, 9.17) is 24.4 Å². The average Bonchev–Trinajstić information content (AvgIpc) is 1.59. The van der Waals surface area contributed by atoms with E-state index in [1.165, 1.54) is 81.0 Å². The number of benzene rings is 7. The van der Waals surface area contributed by atoms with Crippen LogP contribution in [0.2, 0.25) is 0 Å². The summed E-state index contributed by atoms with van der Waals surface area (Å²) in [5.74, 6) is -6.74. The molecule has 0 aliphatic carbocycles. The van der Waals surface area contributed by atoms with Gasteiger partial charge in [-0.15, -0.1) is 0 Å². The van der Waals surface area contributed by atoms with E-state index in [1.54, 1.807) is 84.9 Å². The number of amides is 8. The van der Waals surface area contributed by atoms with Gasteiger partial charge < -0.3 is 90.9 Å². The molecule has 0 atom stereocenters. The van der Waals surface area contributed by atoms with Gasteiger partial charge in [-0.25, -0.2) is 59.2 Å². The number of methoxy groups -OCH3 is 1. The summed E-state index contributed by atoms with van der Waals surface area (Å²) in [5.41, 5.74) is 8.29. The second-order valence-electron chi connectivity index (χ2n) is 29.3. The van der Waals surface area contributed by atoms with E-state index < -0.39 is 65.2 Å². The van der Waals surface area contributed by atoms with Crippen LogP contribution in [0.15, 0.2) is 202 Å². The minimum Gasteiger partial charge on any atom is -0.545 e. The quantitative estimate of drug-likeness (QED) is 0.0196. The second-order valence-corrected chi connectivity index (χ2v) is 29.3. The number of aromatic amines is 4. The van der Waals surface area contributed by atoms with Crippen LogP contribution in [0.25, 0.3) is 44.1 Å². The van der Waals surface area contributed by atoms with E-state index in [-0.39, 0.29) is 221 Å². The van der Waals surface area contributed by atoms with Gasteiger partial charge >= 0.3 is 69.3 Å². The summed E-state index contributed by atoms with van der Waals surface area (Å²) in [6.45, 7) is 0.498. The molecule has 0 saturated heterocycles. The first-order chi connectivity index (χ1) is 63.8. The maximum atomic E-state index is 13.5. The van der Waals surface area contributed by atoms with Gasteiger partial charge in [-0.05, 0) is 95.9 Å². The topological polar surface area (TPSA) is 598 Å². The molecule has 133 heavy (non-hydrogen) atoms. The Bertz CT molecular complexity index is 7330. The minimum absolute atomic E-state index is 0. The number of carbonyl (C=O) groups is 15. The Morgan fingerprint density at radius 1 is 0.436 bits per heavy atom. The normalized spacial score (nSPS) is 12.5. The Labute approximate surface area is 789 Å². The molecule has 7 aromatic carbocycles. The van der Waals surface area contributed by atoms with Crippen molar-refractivity contribution >= 4 is 161 Å². The standard InChI is InChI=1S/C35H28N6O7.C25H17N5O5.C16H12N4O5.C15H10N4O5.K/c42-22-13-21-11-20(7-9-28(21)47-16-22)14-37-35(46)33-32-31(38-18-39-33)26(15-36-32)41-34(45)24-4-2-1-3-23(24)27(43)8-5-19-6-10-29-25(12-19)40-30(44)17-48-29;31-15-8-14-7-13(5-6-19(14)35-11-15)9-27-23(32)22-21-20(28-12-29-22)18(10-26-21)30-24(33)16-3-1-2-4-17(16)25(30)34;1-25-16(24)9-5-3-2-4-8(9)14(21)20-10-6-17-12-11(10)18-7-19-13(12)15(22)23;20-13(7-3-1-2-4-8(7)14(21)22)19-9-5-16-11-10(9)17-6-18-12(11)15(23)24;/h1-4,6-7,9-12,15,18,36H,5,8,13-14,16-17H2,(H,37,46)(H,40,44)(H,41,45);1-7,10,12,26H,8-9,11H2,(H,27,32);2-7,17H,1H3,(H,20,21)(H,22,23);1-6,16H,(H,19,20)(H,21,22)(H,23,24);/q;;;;+1/p-1. The first-order valence-electron chi connectivity index (χ1n) is 39.8. The third kappa shape index (κ3) is 19.5. The van der Waals surface area contributed by atoms with Crippen LogP contribution >= 0.6 is 0 Å². The molecule has 0 spiro atoms. The number of imide groups is 1. The number of aryl methyl sites for hydroxylation is 1. The van der Waals surface area contributed by atoms with E-state index in [9.17, 15) is 77.0 Å². The number of H-pyrrole nitrogens is 4. The summed E-state index contributed by atoms with van der Waals surface area (Å²) in [6.07, 6.45) is 11.5. The number of carboxylic acids is 3. The number of carboxylic acid groups (broad SMARTS) is 3. The number of carbonyl (C=O) groups excluding carboxylic acids is 13. The Kier molecular flexibility index (Phi) is 27.0. The van der Waals surface area contributed by atoms with Gasteiger partial charge in [0.25, 0.3) is 47.3 Å². The molecule has 42 heteroatoms. The number of esters is 1. The smallest absolute Gasteiger partial charge is 0.545 e. The minimum atomic E-state index is -1.48. The molecular formula is C91H66KN19O22. The van der Waals surface area contributed by atoms with E-state index >= 15 is 0 Å². The molecule has 8 aromatic heterocycles. The van der Waals surface area contributed by atoms with E-state index in [2.05, 4.69) is 96.4 Å². The molecule has 19 rings (SSSR count). The van der Waals surface area contributed by atoms with Crippen LogP contribution in [-0.4, -0.2) is 185 Å². The summed E-state index contributed by atoms with van der Waals surface area (Å²) in [5, 5.41) is 45.6. The number of aromatic nitrogens is 12. The molecule has 8 amide bonds. The van der Waals surface area contributed by atoms with Crippen molar-refractivity contribution in [3.63, 3.8) is 0 Å². The fourth-order valence-electron chi connectivity index (χ4n) is 14.7. The zero-order valence-corrected chi connectivity index (χ0v) is 72.6. The molecule has 41 nitrogen and oxygen atoms in total. The summed E-state index contributed by atoms with van der Waals surface area (Å²) in [4.78, 5) is 228. The maximum Gasteiger partial charge on any atom is 1.00 e. The summed E-state index contributed by atoms with van der Waals surface area (Å²) in [6, 6.07) is 41.1. The summed E-state index contributed by atoms with van der Waals surface area (Å²) >= 11 is 0. The first kappa shape index (κ1) is 90.7. The third-order valence-corrected chi connectivity index (χ3v) is 20.9. The molecule has 0 radical (unpaired) electrons. The molecule has 0 bridgehead atoms. The van der Waals surface area contributed by atoms with Crippen molar-refractivity contribution in [3.8, 4) is 17.2 Å². The van der Waals surface area contributed by atoms with Gasteiger partial charge in [0, 0.05) is 85.0 Å². The third-order valence-electron chi connectivity index (χ3n) is 20.9. The van der Waals surface area contributed by atoms with E-state index in [1.807, 2.05) is 30.3 Å². The van der Waals surface area contributed by atoms with Gasteiger partial charge in [-0.3, -0.25) is 52.7 Å². The monoisotopic (exact) mass is 1820 g/mol. The van der Waals surface area contributed by atoms with Crippen molar-refractivity contribution in [2.75, 3.05) is 53.1 Å². The second kappa shape index (κ2) is 39.7. The largest absolute Gasteiger partial charge is 1.00 e. The van der Waals surface area contributed by atoms with Crippen LogP contribution in [0, 0.1) is 0 Å². The fourth-order valence-corrected chi connectivity index (χ4v) is 14.7. The SMILES string of the molecule is COC(=O)c1ccccc1C(=O)Nc1c[nH]c2c(C(=O)O)ncnc12.O=C([O-])c1ccccc1C(=O)Nc1c[nH]c2c(C(=O)O)ncnc12.O=C1COc2ccc(CNC(=O)c3ncnc4c(N5C(=O)c6ccccc6C5=O)c[nH]c34)cc2C1.O=C1COc2ccc(CNC(=O)c3ncnc4c(NC(=O)c5ccccc5C(=O)CCc5ccc6c(c5)NC(=O)CO6)c[nH]c34)cc2C1.[K+]. The van der Waals surface area contributed by atoms with Crippen LogP contribution in [-0.2, 0) is 51.5 Å². The van der Waals surface area contributed by atoms with Gasteiger partial charge in [-0.1, -0.05) is 78.9 Å². The van der Waals surface area contributed by atoms with Crippen LogP contribution in [0.5, 0.6) is 17.2 Å². The van der Waals surface area contributed by atoms with Crippen molar-refractivity contribution in [1.82, 2.24) is 70.4 Å². The number of anilines is 5. The zero-order chi connectivity index (χ0) is 92.5. The molecular weight excluding hydrogens is 1750 g/mol. The number of hydrogen-bond donors (Lipinski definition) is 12. The van der Waals surface area contributed by atoms with Gasteiger partial charge in [0.2, 0.25) is 0 Å². The van der Waals surface area contributed by atoms with Crippen molar-refractivity contribution in [3.05, 3.63) is 297 Å². The van der Waals surface area contributed by atoms with Crippen molar-refractivity contribution in [2.45, 2.75) is 38.8 Å². The van der Waals surface area contributed by atoms with E-state index in [0.717, 1.165) is 45.4 Å². The number of Topliss-reactive ketones (excluding diaryl/α,β-unsaturated/α-hetero) is 3. The predicted molar refractivity (Wildman–Crippen MR) is 463 cm³/mol. The molecule has 12 N–H and O–H groups in total. The number of fused-ring (bicyclic) bond motifs is 8. The van der Waals surface area contributed by atoms with Crippen LogP contribution in [0.3, 0.4) is 0 Å². The molecule has 0 unspecified atom stereocenters. The van der Waals surface area contributed by atoms with Gasteiger partial charge in [-0.2, -0.15) is 0 Å². The maximum absolute atomic E-state index is 13.5. The Morgan fingerprint density at radius 2 is 0.827 bits per heavy atom. The van der Waals surface area contributed by atoms with Crippen LogP contribution in [0.4, 0.5) is 28.4 Å². The number of nitrogens with zero attached hydrogens (tertiary/aromatic N) is 9. The van der Waals surface area contributed by atoms with Crippen molar-refractivity contribution in [1.29, 1.82) is 0 Å². The molecule has 12 heterocycles. The summed E-state index contributed by atoms with van der Waals surface area (Å²) < 4.78 is 20.9. The average molecular weight is 1820 g/mol. The van der Waals surface area contributed by atoms with Crippen molar-refractivity contribution in [2.24, 2.45) is 0 Å². The number of hydrogen-bond acceptors (Lipinski definition) is 28. The van der Waals surface area contributed by atoms with Crippen LogP contribution in [0.1, 0.15) is 159 Å². The molecule has 15 aromatic rings. The van der Waals surface area contributed by atoms with Gasteiger partial charge in [0.15, 0.2) is 46.7 Å². The number of ketones is 3. The van der Waals surface area contributed by atoms with E-state index in [0.29, 0.717) is 69.1 Å². The van der Waals surface area contributed by atoms with Gasteiger partial charge in [0.05, 0.1) is 80.4 Å². The molecule has 4 aliphatic heterocycles. The Morgan fingerprint density at radius 3 is 1.30 bits per heavy atom. The molecule has 658 valence electrons. The zero-order valence-electron chi connectivity index (χ0n) is 69.5. The molecule has 4 aliphatic rings. The number of rotatable bonds is 21. The number of aromatic carboxylic acids is 3. The van der Waals surface area contributed by atoms with Crippen LogP contribution < -0.4 is 108 Å². The number of nitrogens with one attached hydrogen (secondary N) is 10. The molecule has 0 saturated carbocycles. The predicted octanol–water partition coefficient (Wildman–Crippen LogP) is 4.95. The fraction of sp³-hybridized carbons (Fsp3) is 0.110.